The first-order valence-electron chi connectivity index (χ1n) is 5.28. The van der Waals surface area contributed by atoms with E-state index in [1.54, 1.807) is 12.4 Å². The second kappa shape index (κ2) is 5.52. The number of hydrogen-bond acceptors (Lipinski definition) is 2. The fraction of sp³-hybridized carbons (Fsp3) is 0.154. The Bertz CT molecular complexity index is 516. The summed E-state index contributed by atoms with van der Waals surface area (Å²) in [5, 5.41) is 4.14. The van der Waals surface area contributed by atoms with Gasteiger partial charge >= 0.3 is 0 Å². The van der Waals surface area contributed by atoms with Gasteiger partial charge < -0.3 is 5.32 Å². The topological polar surface area (TPSA) is 24.9 Å². The minimum Gasteiger partial charge on any atom is -0.377 e. The van der Waals surface area contributed by atoms with Crippen molar-refractivity contribution in [3.05, 3.63) is 57.8 Å². The van der Waals surface area contributed by atoms with Gasteiger partial charge in [0, 0.05) is 15.7 Å². The zero-order chi connectivity index (χ0) is 12.3. The Morgan fingerprint density at radius 3 is 2.76 bits per heavy atom. The molecule has 1 heterocycles. The molecule has 0 saturated heterocycles. The number of rotatable bonds is 3. The van der Waals surface area contributed by atoms with E-state index in [4.69, 9.17) is 11.6 Å². The Balaban J connectivity index is 2.17. The number of hydrogen-bond donors (Lipinski definition) is 1. The Morgan fingerprint density at radius 2 is 2.06 bits per heavy atom. The lowest BCUT2D eigenvalue weighted by Crippen LogP contribution is -2.07. The van der Waals surface area contributed by atoms with Gasteiger partial charge in [0.1, 0.15) is 0 Å². The molecule has 1 N–H and O–H groups in total. The van der Waals surface area contributed by atoms with Crippen molar-refractivity contribution in [3.63, 3.8) is 0 Å². The fourth-order valence-electron chi connectivity index (χ4n) is 1.64. The first-order valence-corrected chi connectivity index (χ1v) is 6.45. The van der Waals surface area contributed by atoms with Gasteiger partial charge in [-0.2, -0.15) is 0 Å². The van der Waals surface area contributed by atoms with Gasteiger partial charge in [0.25, 0.3) is 0 Å². The van der Waals surface area contributed by atoms with E-state index < -0.39 is 0 Å². The van der Waals surface area contributed by atoms with Crippen LogP contribution in [-0.4, -0.2) is 4.98 Å². The van der Waals surface area contributed by atoms with Crippen LogP contribution in [0.15, 0.2) is 47.2 Å². The zero-order valence-corrected chi connectivity index (χ0v) is 11.7. The van der Waals surface area contributed by atoms with E-state index in [0.29, 0.717) is 0 Å². The fourth-order valence-corrected chi connectivity index (χ4v) is 2.31. The van der Waals surface area contributed by atoms with Gasteiger partial charge in [0.15, 0.2) is 0 Å². The molecule has 0 aliphatic rings. The van der Waals surface area contributed by atoms with Crippen molar-refractivity contribution in [2.24, 2.45) is 0 Å². The molecule has 1 unspecified atom stereocenters. The Morgan fingerprint density at radius 1 is 1.29 bits per heavy atom. The first-order chi connectivity index (χ1) is 8.16. The lowest BCUT2D eigenvalue weighted by molar-refractivity contribution is 0.883. The minimum atomic E-state index is 0.139. The van der Waals surface area contributed by atoms with E-state index >= 15 is 0 Å². The summed E-state index contributed by atoms with van der Waals surface area (Å²) in [5.74, 6) is 0. The van der Waals surface area contributed by atoms with E-state index in [9.17, 15) is 0 Å². The van der Waals surface area contributed by atoms with Crippen molar-refractivity contribution in [1.82, 2.24) is 4.98 Å². The molecular weight excluding hydrogens is 300 g/mol. The molecule has 1 atom stereocenters. The number of nitrogens with zero attached hydrogens (tertiary/aromatic N) is 1. The molecule has 0 radical (unpaired) electrons. The van der Waals surface area contributed by atoms with Gasteiger partial charge in [-0.15, -0.1) is 0 Å². The molecule has 0 saturated carbocycles. The first kappa shape index (κ1) is 12.4. The molecule has 2 nitrogen and oxygen atoms in total. The molecule has 0 spiro atoms. The third kappa shape index (κ3) is 3.20. The van der Waals surface area contributed by atoms with E-state index in [0.717, 1.165) is 20.7 Å². The largest absolute Gasteiger partial charge is 0.377 e. The van der Waals surface area contributed by atoms with Crippen LogP contribution in [0.2, 0.25) is 5.02 Å². The van der Waals surface area contributed by atoms with Crippen LogP contribution < -0.4 is 5.32 Å². The SMILES string of the molecule is CC(Nc1cncc(Br)c1)c1ccccc1Cl. The summed E-state index contributed by atoms with van der Waals surface area (Å²) in [6.07, 6.45) is 3.55. The number of benzene rings is 1. The molecule has 2 rings (SSSR count). The molecule has 1 aromatic heterocycles. The highest BCUT2D eigenvalue weighted by Gasteiger charge is 2.08. The number of anilines is 1. The molecule has 0 bridgehead atoms. The van der Waals surface area contributed by atoms with E-state index in [2.05, 4.69) is 33.2 Å². The number of nitrogens with one attached hydrogen (secondary N) is 1. The quantitative estimate of drug-likeness (QED) is 0.891. The predicted octanol–water partition coefficient (Wildman–Crippen LogP) is 4.67. The predicted molar refractivity (Wildman–Crippen MR) is 75.4 cm³/mol. The van der Waals surface area contributed by atoms with Crippen LogP contribution in [0.3, 0.4) is 0 Å². The number of aromatic nitrogens is 1. The van der Waals surface area contributed by atoms with Gasteiger partial charge in [-0.25, -0.2) is 0 Å². The second-order valence-corrected chi connectivity index (χ2v) is 5.10. The van der Waals surface area contributed by atoms with Crippen LogP contribution in [0, 0.1) is 0 Å². The van der Waals surface area contributed by atoms with Crippen molar-refractivity contribution in [2.75, 3.05) is 5.32 Å². The lowest BCUT2D eigenvalue weighted by Gasteiger charge is -2.16. The second-order valence-electron chi connectivity index (χ2n) is 3.78. The van der Waals surface area contributed by atoms with E-state index in [-0.39, 0.29) is 6.04 Å². The van der Waals surface area contributed by atoms with Crippen molar-refractivity contribution < 1.29 is 0 Å². The van der Waals surface area contributed by atoms with Crippen LogP contribution in [0.4, 0.5) is 5.69 Å². The summed E-state index contributed by atoms with van der Waals surface area (Å²) in [5.41, 5.74) is 2.04. The summed E-state index contributed by atoms with van der Waals surface area (Å²) in [7, 11) is 0. The van der Waals surface area contributed by atoms with Crippen molar-refractivity contribution in [1.29, 1.82) is 0 Å². The third-order valence-electron chi connectivity index (χ3n) is 2.46. The van der Waals surface area contributed by atoms with Gasteiger partial charge in [-0.3, -0.25) is 4.98 Å². The molecule has 17 heavy (non-hydrogen) atoms. The summed E-state index contributed by atoms with van der Waals surface area (Å²) >= 11 is 9.55. The molecule has 2 aromatic rings. The monoisotopic (exact) mass is 310 g/mol. The lowest BCUT2D eigenvalue weighted by atomic mass is 10.1. The molecule has 88 valence electrons. The van der Waals surface area contributed by atoms with Crippen LogP contribution in [0.5, 0.6) is 0 Å². The average Bonchev–Trinajstić information content (AvgIpc) is 2.29. The number of halogens is 2. The molecule has 0 fully saturated rings. The van der Waals surface area contributed by atoms with Gasteiger partial charge in [0.2, 0.25) is 0 Å². The van der Waals surface area contributed by atoms with E-state index in [1.165, 1.54) is 0 Å². The minimum absolute atomic E-state index is 0.139. The van der Waals surface area contributed by atoms with Crippen LogP contribution in [-0.2, 0) is 0 Å². The van der Waals surface area contributed by atoms with Crippen molar-refractivity contribution in [2.45, 2.75) is 13.0 Å². The normalized spacial score (nSPS) is 12.2. The van der Waals surface area contributed by atoms with Gasteiger partial charge in [0.05, 0.1) is 17.9 Å². The van der Waals surface area contributed by atoms with Gasteiger partial charge in [-0.05, 0) is 40.5 Å². The molecule has 0 aliphatic heterocycles. The highest BCUT2D eigenvalue weighted by Crippen LogP contribution is 2.26. The molecular formula is C13H12BrClN2. The standard InChI is InChI=1S/C13H12BrClN2/c1-9(12-4-2-3-5-13(12)15)17-11-6-10(14)7-16-8-11/h2-9,17H,1H3. The van der Waals surface area contributed by atoms with Crippen molar-refractivity contribution in [3.8, 4) is 0 Å². The Labute approximate surface area is 114 Å². The summed E-state index contributed by atoms with van der Waals surface area (Å²) in [4.78, 5) is 4.11. The molecule has 0 aliphatic carbocycles. The molecule has 0 amide bonds. The highest BCUT2D eigenvalue weighted by molar-refractivity contribution is 9.10. The summed E-state index contributed by atoms with van der Waals surface area (Å²) in [6, 6.07) is 9.96. The number of pyridine rings is 1. The van der Waals surface area contributed by atoms with Crippen LogP contribution in [0.25, 0.3) is 0 Å². The average molecular weight is 312 g/mol. The zero-order valence-electron chi connectivity index (χ0n) is 9.32. The van der Waals surface area contributed by atoms with Crippen LogP contribution >= 0.6 is 27.5 Å². The van der Waals surface area contributed by atoms with Gasteiger partial charge in [-0.1, -0.05) is 29.8 Å². The maximum atomic E-state index is 6.15. The van der Waals surface area contributed by atoms with Crippen molar-refractivity contribution >= 4 is 33.2 Å². The summed E-state index contributed by atoms with van der Waals surface area (Å²) < 4.78 is 0.953. The highest BCUT2D eigenvalue weighted by atomic mass is 79.9. The van der Waals surface area contributed by atoms with E-state index in [1.807, 2.05) is 30.3 Å². The maximum Gasteiger partial charge on any atom is 0.0542 e. The molecule has 1 aromatic carbocycles. The third-order valence-corrected chi connectivity index (χ3v) is 3.24. The van der Waals surface area contributed by atoms with Crippen LogP contribution in [0.1, 0.15) is 18.5 Å². The Kier molecular flexibility index (Phi) is 4.02. The molecule has 4 heteroatoms. The Hall–Kier alpha value is -1.06. The maximum absolute atomic E-state index is 6.15. The smallest absolute Gasteiger partial charge is 0.0542 e. The summed E-state index contributed by atoms with van der Waals surface area (Å²) in [6.45, 7) is 2.07.